The fourth-order valence-corrected chi connectivity index (χ4v) is 1.76. The molecule has 0 aromatic carbocycles. The lowest BCUT2D eigenvalue weighted by Crippen LogP contribution is -2.06. The van der Waals surface area contributed by atoms with Crippen molar-refractivity contribution in [1.82, 2.24) is 0 Å². The number of hydrogen-bond acceptors (Lipinski definition) is 2. The number of carbonyl (C=O) groups excluding carboxylic acids is 1. The van der Waals surface area contributed by atoms with Crippen molar-refractivity contribution in [2.75, 3.05) is 6.61 Å². The van der Waals surface area contributed by atoms with Crippen LogP contribution < -0.4 is 0 Å². The van der Waals surface area contributed by atoms with Crippen molar-refractivity contribution >= 4 is 37.8 Å². The Labute approximate surface area is 88.6 Å². The van der Waals surface area contributed by atoms with Gasteiger partial charge in [0.1, 0.15) is 0 Å². The van der Waals surface area contributed by atoms with Gasteiger partial charge in [0.2, 0.25) is 0 Å². The summed E-state index contributed by atoms with van der Waals surface area (Å²) in [6.07, 6.45) is 2.90. The Kier molecular flexibility index (Phi) is 3.77. The monoisotopic (exact) mass is 296 g/mol. The van der Waals surface area contributed by atoms with E-state index in [0.717, 1.165) is 9.81 Å². The van der Waals surface area contributed by atoms with E-state index < -0.39 is 0 Å². The van der Waals surface area contributed by atoms with Crippen molar-refractivity contribution in [3.63, 3.8) is 0 Å². The van der Waals surface area contributed by atoms with Crippen LogP contribution in [0, 0.1) is 11.8 Å². The van der Waals surface area contributed by atoms with Crippen molar-refractivity contribution < 1.29 is 9.53 Å². The van der Waals surface area contributed by atoms with E-state index in [4.69, 9.17) is 4.74 Å². The minimum atomic E-state index is -0.0694. The largest absolute Gasteiger partial charge is 0.466 e. The molecule has 4 heteroatoms. The van der Waals surface area contributed by atoms with Crippen LogP contribution in [0.5, 0.6) is 0 Å². The molecule has 0 unspecified atom stereocenters. The average Bonchev–Trinajstić information content (AvgIpc) is 2.67. The molecule has 68 valence electrons. The highest BCUT2D eigenvalue weighted by Gasteiger charge is 2.42. The zero-order valence-electron chi connectivity index (χ0n) is 6.72. The van der Waals surface area contributed by atoms with Crippen LogP contribution in [0.25, 0.3) is 0 Å². The Morgan fingerprint density at radius 3 is 2.83 bits per heavy atom. The van der Waals surface area contributed by atoms with Gasteiger partial charge in [0.25, 0.3) is 0 Å². The Morgan fingerprint density at radius 1 is 1.67 bits per heavy atom. The molecule has 2 nitrogen and oxygen atoms in total. The van der Waals surface area contributed by atoms with E-state index in [9.17, 15) is 4.79 Å². The predicted octanol–water partition coefficient (Wildman–Crippen LogP) is 2.82. The molecule has 1 saturated carbocycles. The van der Waals surface area contributed by atoms with Crippen molar-refractivity contribution in [3.05, 3.63) is 9.47 Å². The van der Waals surface area contributed by atoms with Crippen LogP contribution in [0.4, 0.5) is 0 Å². The van der Waals surface area contributed by atoms with Gasteiger partial charge in [-0.3, -0.25) is 4.79 Å². The predicted molar refractivity (Wildman–Crippen MR) is 54.2 cm³/mol. The highest BCUT2D eigenvalue weighted by Crippen LogP contribution is 2.42. The molecule has 12 heavy (non-hydrogen) atoms. The summed E-state index contributed by atoms with van der Waals surface area (Å²) in [4.78, 5) is 11.1. The summed E-state index contributed by atoms with van der Waals surface area (Å²) >= 11 is 6.51. The summed E-state index contributed by atoms with van der Waals surface area (Å²) in [7, 11) is 0. The third-order valence-corrected chi connectivity index (χ3v) is 2.30. The quantitative estimate of drug-likeness (QED) is 0.749. The van der Waals surface area contributed by atoms with Gasteiger partial charge < -0.3 is 4.74 Å². The second-order valence-corrected chi connectivity index (χ2v) is 5.49. The fraction of sp³-hybridized carbons (Fsp3) is 0.625. The first-order valence-corrected chi connectivity index (χ1v) is 5.43. The molecule has 1 rings (SSSR count). The summed E-state index contributed by atoms with van der Waals surface area (Å²) in [5, 5.41) is 0. The number of hydrogen-bond donors (Lipinski definition) is 0. The molecule has 0 bridgehead atoms. The molecule has 0 heterocycles. The molecule has 1 fully saturated rings. The third kappa shape index (κ3) is 2.90. The van der Waals surface area contributed by atoms with Crippen LogP contribution in [-0.4, -0.2) is 12.6 Å². The molecule has 0 aromatic rings. The first-order valence-electron chi connectivity index (χ1n) is 3.84. The van der Waals surface area contributed by atoms with Gasteiger partial charge in [-0.25, -0.2) is 0 Å². The van der Waals surface area contributed by atoms with Crippen molar-refractivity contribution in [2.45, 2.75) is 13.3 Å². The number of ether oxygens (including phenoxy) is 1. The van der Waals surface area contributed by atoms with Gasteiger partial charge in [0.05, 0.1) is 15.9 Å². The second-order valence-electron chi connectivity index (χ2n) is 2.71. The fourth-order valence-electron chi connectivity index (χ4n) is 1.08. The maximum absolute atomic E-state index is 11.1. The Hall–Kier alpha value is 0.170. The van der Waals surface area contributed by atoms with Crippen molar-refractivity contribution in [1.29, 1.82) is 0 Å². The van der Waals surface area contributed by atoms with Gasteiger partial charge in [-0.05, 0) is 51.1 Å². The smallest absolute Gasteiger partial charge is 0.309 e. The summed E-state index contributed by atoms with van der Waals surface area (Å²) < 4.78 is 5.79. The highest BCUT2D eigenvalue weighted by molar-refractivity contribution is 9.28. The minimum Gasteiger partial charge on any atom is -0.466 e. The molecule has 0 aliphatic heterocycles. The van der Waals surface area contributed by atoms with E-state index in [2.05, 4.69) is 31.9 Å². The van der Waals surface area contributed by atoms with Gasteiger partial charge in [-0.2, -0.15) is 0 Å². The van der Waals surface area contributed by atoms with Gasteiger partial charge in [-0.15, -0.1) is 0 Å². The Bertz CT molecular complexity index is 209. The van der Waals surface area contributed by atoms with E-state index in [1.54, 1.807) is 0 Å². The van der Waals surface area contributed by atoms with Crippen LogP contribution in [0.3, 0.4) is 0 Å². The van der Waals surface area contributed by atoms with Gasteiger partial charge >= 0.3 is 5.97 Å². The molecule has 0 radical (unpaired) electrons. The van der Waals surface area contributed by atoms with E-state index in [1.165, 1.54) is 0 Å². The van der Waals surface area contributed by atoms with E-state index in [-0.39, 0.29) is 11.9 Å². The third-order valence-electron chi connectivity index (χ3n) is 1.77. The lowest BCUT2D eigenvalue weighted by molar-refractivity contribution is -0.144. The molecule has 1 aliphatic carbocycles. The number of rotatable bonds is 3. The van der Waals surface area contributed by atoms with Crippen LogP contribution >= 0.6 is 31.9 Å². The number of halogens is 2. The first-order chi connectivity index (χ1) is 5.65. The molecule has 0 aromatic heterocycles. The van der Waals surface area contributed by atoms with E-state index in [0.29, 0.717) is 12.5 Å². The summed E-state index contributed by atoms with van der Waals surface area (Å²) in [6.45, 7) is 2.30. The maximum atomic E-state index is 11.1. The molecule has 0 N–H and O–H groups in total. The molecule has 0 saturated heterocycles. The standard InChI is InChI=1S/C8H10Br2O2/c1-2-12-8(11)6-3-5(6)4-7(9)10/h4-6H,2-3H2,1H3/t5-,6+/m1/s1. The lowest BCUT2D eigenvalue weighted by atomic mass is 10.3. The Balaban J connectivity index is 2.32. The number of carbonyl (C=O) groups is 1. The van der Waals surface area contributed by atoms with Crippen molar-refractivity contribution in [3.8, 4) is 0 Å². The van der Waals surface area contributed by atoms with Gasteiger partial charge in [-0.1, -0.05) is 6.08 Å². The van der Waals surface area contributed by atoms with E-state index in [1.807, 2.05) is 13.0 Å². The Morgan fingerprint density at radius 2 is 2.33 bits per heavy atom. The second kappa shape index (κ2) is 4.42. The maximum Gasteiger partial charge on any atom is 0.309 e. The summed E-state index contributed by atoms with van der Waals surface area (Å²) in [6, 6.07) is 0. The molecule has 1 aliphatic rings. The van der Waals surface area contributed by atoms with Crippen LogP contribution in [-0.2, 0) is 9.53 Å². The number of allylic oxidation sites excluding steroid dienone is 1. The molecular weight excluding hydrogens is 288 g/mol. The van der Waals surface area contributed by atoms with Crippen LogP contribution in [0.15, 0.2) is 9.47 Å². The van der Waals surface area contributed by atoms with Gasteiger partial charge in [0.15, 0.2) is 0 Å². The summed E-state index contributed by atoms with van der Waals surface area (Å²) in [5.74, 6) is 0.382. The van der Waals surface area contributed by atoms with Gasteiger partial charge in [0, 0.05) is 0 Å². The number of esters is 1. The topological polar surface area (TPSA) is 26.3 Å². The molecular formula is C8H10Br2O2. The average molecular weight is 298 g/mol. The lowest BCUT2D eigenvalue weighted by Gasteiger charge is -1.97. The molecule has 0 spiro atoms. The summed E-state index contributed by atoms with van der Waals surface area (Å²) in [5.41, 5.74) is 0. The molecule has 0 amide bonds. The van der Waals surface area contributed by atoms with Crippen molar-refractivity contribution in [2.24, 2.45) is 11.8 Å². The highest BCUT2D eigenvalue weighted by atomic mass is 79.9. The molecule has 2 atom stereocenters. The SMILES string of the molecule is CCOC(=O)[C@H]1C[C@@H]1C=C(Br)Br. The zero-order chi connectivity index (χ0) is 9.14. The minimum absolute atomic E-state index is 0.0694. The zero-order valence-corrected chi connectivity index (χ0v) is 9.89. The van der Waals surface area contributed by atoms with E-state index >= 15 is 0 Å². The normalized spacial score (nSPS) is 26.2. The van der Waals surface area contributed by atoms with Crippen LogP contribution in [0.2, 0.25) is 0 Å². The first kappa shape index (κ1) is 10.3. The van der Waals surface area contributed by atoms with Crippen LogP contribution in [0.1, 0.15) is 13.3 Å².